The summed E-state index contributed by atoms with van der Waals surface area (Å²) in [5.74, 6) is 0.262. The maximum Gasteiger partial charge on any atom is 0.129 e. The fourth-order valence-corrected chi connectivity index (χ4v) is 2.89. The van der Waals surface area contributed by atoms with Crippen molar-refractivity contribution >= 4 is 11.6 Å². The summed E-state index contributed by atoms with van der Waals surface area (Å²) in [5.41, 5.74) is 0.759. The Morgan fingerprint density at radius 3 is 2.94 bits per heavy atom. The van der Waals surface area contributed by atoms with Gasteiger partial charge in [-0.25, -0.2) is 4.39 Å². The number of hydrogen-bond acceptors (Lipinski definition) is 2. The molecule has 1 aromatic carbocycles. The molecular weight excluding hydrogens is 239 g/mol. The first-order valence-electron chi connectivity index (χ1n) is 5.93. The maximum atomic E-state index is 14.0. The molecule has 17 heavy (non-hydrogen) atoms. The molecule has 0 aromatic heterocycles. The molecule has 1 aliphatic rings. The molecule has 0 saturated carbocycles. The Bertz CT molecular complexity index is 395. The molecule has 0 aliphatic carbocycles. The van der Waals surface area contributed by atoms with Crippen molar-refractivity contribution < 1.29 is 4.39 Å². The lowest BCUT2D eigenvalue weighted by atomic mass is 9.93. The first-order chi connectivity index (χ1) is 8.13. The predicted octanol–water partition coefficient (Wildman–Crippen LogP) is 2.69. The van der Waals surface area contributed by atoms with Crippen LogP contribution in [-0.2, 0) is 0 Å². The molecule has 0 radical (unpaired) electrons. The van der Waals surface area contributed by atoms with Crippen molar-refractivity contribution in [3.8, 4) is 0 Å². The monoisotopic (exact) mass is 256 g/mol. The van der Waals surface area contributed by atoms with Crippen molar-refractivity contribution in [2.24, 2.45) is 5.92 Å². The van der Waals surface area contributed by atoms with Crippen LogP contribution in [0.2, 0.25) is 5.02 Å². The molecule has 2 unspecified atom stereocenters. The second-order valence-corrected chi connectivity index (χ2v) is 5.13. The largest absolute Gasteiger partial charge is 0.319 e. The molecule has 2 atom stereocenters. The molecule has 0 bridgehead atoms. The van der Waals surface area contributed by atoms with Crippen LogP contribution in [-0.4, -0.2) is 32.1 Å². The smallest absolute Gasteiger partial charge is 0.129 e. The molecule has 2 rings (SSSR count). The maximum absolute atomic E-state index is 14.0. The molecule has 0 amide bonds. The van der Waals surface area contributed by atoms with Crippen LogP contribution in [0.1, 0.15) is 18.0 Å². The van der Waals surface area contributed by atoms with Crippen molar-refractivity contribution in [1.82, 2.24) is 10.2 Å². The Kier molecular flexibility index (Phi) is 4.02. The van der Waals surface area contributed by atoms with Gasteiger partial charge in [0.05, 0.1) is 0 Å². The lowest BCUT2D eigenvalue weighted by molar-refractivity contribution is 0.267. The Morgan fingerprint density at radius 2 is 2.29 bits per heavy atom. The predicted molar refractivity (Wildman–Crippen MR) is 68.8 cm³/mol. The summed E-state index contributed by atoms with van der Waals surface area (Å²) in [5, 5.41) is 3.64. The summed E-state index contributed by atoms with van der Waals surface area (Å²) in [6.45, 7) is 1.93. The Hall–Kier alpha value is -0.640. The molecule has 1 fully saturated rings. The molecule has 1 aromatic rings. The van der Waals surface area contributed by atoms with Crippen molar-refractivity contribution in [2.75, 3.05) is 27.2 Å². The zero-order chi connectivity index (χ0) is 12.4. The van der Waals surface area contributed by atoms with Gasteiger partial charge in [-0.05, 0) is 51.7 Å². The number of likely N-dealkylation sites (tertiary alicyclic amines) is 1. The van der Waals surface area contributed by atoms with E-state index in [1.54, 1.807) is 6.07 Å². The van der Waals surface area contributed by atoms with Gasteiger partial charge in [0, 0.05) is 16.6 Å². The van der Waals surface area contributed by atoms with Gasteiger partial charge >= 0.3 is 0 Å². The third-order valence-electron chi connectivity index (χ3n) is 3.52. The minimum Gasteiger partial charge on any atom is -0.319 e. The zero-order valence-corrected chi connectivity index (χ0v) is 11.0. The molecular formula is C13H18ClFN2. The standard InChI is InChI=1S/C13H18ClFN2/c1-16-8-9-5-6-17(2)13(9)11-4-3-10(14)7-12(11)15/h3-4,7,9,13,16H,5-6,8H2,1-2H3. The Labute approximate surface area is 107 Å². The second-order valence-electron chi connectivity index (χ2n) is 4.70. The van der Waals surface area contributed by atoms with E-state index >= 15 is 0 Å². The van der Waals surface area contributed by atoms with Gasteiger partial charge in [-0.3, -0.25) is 4.90 Å². The van der Waals surface area contributed by atoms with Gasteiger partial charge in [-0.2, -0.15) is 0 Å². The van der Waals surface area contributed by atoms with Crippen LogP contribution >= 0.6 is 11.6 Å². The van der Waals surface area contributed by atoms with E-state index in [9.17, 15) is 4.39 Å². The van der Waals surface area contributed by atoms with Gasteiger partial charge in [0.2, 0.25) is 0 Å². The van der Waals surface area contributed by atoms with E-state index in [4.69, 9.17) is 11.6 Å². The van der Waals surface area contributed by atoms with Crippen LogP contribution in [0, 0.1) is 11.7 Å². The summed E-state index contributed by atoms with van der Waals surface area (Å²) in [6, 6.07) is 5.13. The lowest BCUT2D eigenvalue weighted by Crippen LogP contribution is -2.27. The third-order valence-corrected chi connectivity index (χ3v) is 3.76. The zero-order valence-electron chi connectivity index (χ0n) is 10.2. The van der Waals surface area contributed by atoms with Crippen molar-refractivity contribution in [3.05, 3.63) is 34.6 Å². The van der Waals surface area contributed by atoms with Crippen LogP contribution < -0.4 is 5.32 Å². The van der Waals surface area contributed by atoms with Gasteiger partial charge in [0.1, 0.15) is 5.82 Å². The summed E-state index contributed by atoms with van der Waals surface area (Å²) >= 11 is 5.79. The van der Waals surface area contributed by atoms with Crippen LogP contribution in [0.15, 0.2) is 18.2 Å². The summed E-state index contributed by atoms with van der Waals surface area (Å²) in [7, 11) is 3.99. The molecule has 94 valence electrons. The van der Waals surface area contributed by atoms with Gasteiger partial charge < -0.3 is 5.32 Å². The van der Waals surface area contributed by atoms with Crippen LogP contribution in [0.25, 0.3) is 0 Å². The minimum absolute atomic E-state index is 0.153. The highest BCUT2D eigenvalue weighted by Crippen LogP contribution is 2.37. The average Bonchev–Trinajstić information content (AvgIpc) is 2.62. The van der Waals surface area contributed by atoms with Gasteiger partial charge in [-0.1, -0.05) is 17.7 Å². The van der Waals surface area contributed by atoms with Crippen LogP contribution in [0.3, 0.4) is 0 Å². The Morgan fingerprint density at radius 1 is 1.53 bits per heavy atom. The molecule has 4 heteroatoms. The first kappa shape index (κ1) is 12.8. The number of halogens is 2. The lowest BCUT2D eigenvalue weighted by Gasteiger charge is -2.26. The van der Waals surface area contributed by atoms with E-state index in [1.165, 1.54) is 6.07 Å². The van der Waals surface area contributed by atoms with E-state index in [1.807, 2.05) is 20.2 Å². The van der Waals surface area contributed by atoms with Gasteiger partial charge in [0.15, 0.2) is 0 Å². The van der Waals surface area contributed by atoms with E-state index in [0.29, 0.717) is 10.9 Å². The number of hydrogen-bond donors (Lipinski definition) is 1. The van der Waals surface area contributed by atoms with E-state index in [2.05, 4.69) is 10.2 Å². The Balaban J connectivity index is 2.29. The fraction of sp³-hybridized carbons (Fsp3) is 0.538. The number of rotatable bonds is 3. The fourth-order valence-electron chi connectivity index (χ4n) is 2.73. The molecule has 2 nitrogen and oxygen atoms in total. The molecule has 1 saturated heterocycles. The summed E-state index contributed by atoms with van der Waals surface area (Å²) in [6.07, 6.45) is 1.10. The SMILES string of the molecule is CNCC1CCN(C)C1c1ccc(Cl)cc1F. The number of nitrogens with zero attached hydrogens (tertiary/aromatic N) is 1. The van der Waals surface area contributed by atoms with Crippen molar-refractivity contribution in [2.45, 2.75) is 12.5 Å². The molecule has 1 heterocycles. The van der Waals surface area contributed by atoms with E-state index in [0.717, 1.165) is 25.1 Å². The second kappa shape index (κ2) is 5.34. The third kappa shape index (κ3) is 2.62. The van der Waals surface area contributed by atoms with Crippen LogP contribution in [0.5, 0.6) is 0 Å². The average molecular weight is 257 g/mol. The minimum atomic E-state index is -0.197. The van der Waals surface area contributed by atoms with Gasteiger partial charge in [-0.15, -0.1) is 0 Å². The number of benzene rings is 1. The van der Waals surface area contributed by atoms with Crippen molar-refractivity contribution in [3.63, 3.8) is 0 Å². The highest BCUT2D eigenvalue weighted by atomic mass is 35.5. The van der Waals surface area contributed by atoms with Crippen LogP contribution in [0.4, 0.5) is 4.39 Å². The first-order valence-corrected chi connectivity index (χ1v) is 6.31. The molecule has 1 N–H and O–H groups in total. The summed E-state index contributed by atoms with van der Waals surface area (Å²) < 4.78 is 14.0. The topological polar surface area (TPSA) is 15.3 Å². The summed E-state index contributed by atoms with van der Waals surface area (Å²) in [4.78, 5) is 2.22. The van der Waals surface area contributed by atoms with Gasteiger partial charge in [0.25, 0.3) is 0 Å². The van der Waals surface area contributed by atoms with E-state index < -0.39 is 0 Å². The van der Waals surface area contributed by atoms with Crippen molar-refractivity contribution in [1.29, 1.82) is 0 Å². The normalized spacial score (nSPS) is 25.4. The van der Waals surface area contributed by atoms with E-state index in [-0.39, 0.29) is 11.9 Å². The highest BCUT2D eigenvalue weighted by molar-refractivity contribution is 6.30. The number of nitrogens with one attached hydrogen (secondary N) is 1. The molecule has 0 spiro atoms. The highest BCUT2D eigenvalue weighted by Gasteiger charge is 2.33. The molecule has 1 aliphatic heterocycles. The quantitative estimate of drug-likeness (QED) is 0.895.